The Kier molecular flexibility index (Phi) is 6.47. The number of rotatable bonds is 8. The van der Waals surface area contributed by atoms with Crippen molar-refractivity contribution in [2.45, 2.75) is 30.7 Å². The minimum absolute atomic E-state index is 0.0468. The molecule has 156 valence electrons. The minimum atomic E-state index is -3.61. The highest BCUT2D eigenvalue weighted by atomic mass is 32.2. The third kappa shape index (κ3) is 4.76. The average Bonchev–Trinajstić information content (AvgIpc) is 3.53. The molecule has 2 fully saturated rings. The Morgan fingerprint density at radius 3 is 2.43 bits per heavy atom. The lowest BCUT2D eigenvalue weighted by Gasteiger charge is -2.31. The number of nitrogens with zero attached hydrogens (tertiary/aromatic N) is 1. The van der Waals surface area contributed by atoms with Gasteiger partial charge in [-0.2, -0.15) is 4.31 Å². The Balaban J connectivity index is 1.56. The van der Waals surface area contributed by atoms with E-state index in [1.165, 1.54) is 43.5 Å². The molecule has 28 heavy (non-hydrogen) atoms. The van der Waals surface area contributed by atoms with Crippen molar-refractivity contribution in [1.82, 2.24) is 9.62 Å². The van der Waals surface area contributed by atoms with Gasteiger partial charge in [0.05, 0.1) is 45.3 Å². The first-order valence-corrected chi connectivity index (χ1v) is 11.1. The maximum atomic E-state index is 13.0. The standard InChI is InChI=1S/C19H29N3O5S/c1-14(15-4-5-15)20-19(23)13-21-8-10-22(11-9-21)28(24,25)16-6-7-17(26-2)18(12-16)27-3/h6-7,12,14-15H,4-5,8-11,13H2,1-3H3,(H,20,23)/p+1/t14-/m0/s1. The van der Waals surface area contributed by atoms with Crippen LogP contribution in [0.15, 0.2) is 23.1 Å². The second-order valence-corrected chi connectivity index (χ2v) is 9.48. The highest BCUT2D eigenvalue weighted by molar-refractivity contribution is 7.89. The second kappa shape index (κ2) is 8.67. The summed E-state index contributed by atoms with van der Waals surface area (Å²) in [6.07, 6.45) is 2.39. The van der Waals surface area contributed by atoms with Crippen LogP contribution in [0.4, 0.5) is 0 Å². The Morgan fingerprint density at radius 2 is 1.86 bits per heavy atom. The van der Waals surface area contributed by atoms with Crippen molar-refractivity contribution in [1.29, 1.82) is 0 Å². The summed E-state index contributed by atoms with van der Waals surface area (Å²) >= 11 is 0. The molecule has 2 N–H and O–H groups in total. The van der Waals surface area contributed by atoms with Crippen molar-refractivity contribution in [2.75, 3.05) is 46.9 Å². The number of methoxy groups -OCH3 is 2. The molecule has 0 unspecified atom stereocenters. The number of piperazine rings is 1. The quantitative estimate of drug-likeness (QED) is 0.601. The van der Waals surface area contributed by atoms with E-state index in [-0.39, 0.29) is 16.8 Å². The van der Waals surface area contributed by atoms with Gasteiger partial charge in [-0.25, -0.2) is 8.42 Å². The Hall–Kier alpha value is -1.84. The molecule has 1 heterocycles. The number of amides is 1. The summed E-state index contributed by atoms with van der Waals surface area (Å²) in [6.45, 7) is 4.43. The molecule has 2 aliphatic rings. The fourth-order valence-corrected chi connectivity index (χ4v) is 5.05. The van der Waals surface area contributed by atoms with E-state index in [4.69, 9.17) is 9.47 Å². The molecule has 1 amide bonds. The summed E-state index contributed by atoms with van der Waals surface area (Å²) in [5, 5.41) is 3.06. The molecule has 0 bridgehead atoms. The predicted molar refractivity (Wildman–Crippen MR) is 104 cm³/mol. The number of benzene rings is 1. The van der Waals surface area contributed by atoms with Gasteiger partial charge in [-0.1, -0.05) is 0 Å². The molecular weight excluding hydrogens is 382 g/mol. The van der Waals surface area contributed by atoms with E-state index < -0.39 is 10.0 Å². The van der Waals surface area contributed by atoms with Gasteiger partial charge in [0, 0.05) is 12.1 Å². The number of carbonyl (C=O) groups is 1. The van der Waals surface area contributed by atoms with Crippen LogP contribution in [0.3, 0.4) is 0 Å². The van der Waals surface area contributed by atoms with Gasteiger partial charge < -0.3 is 19.7 Å². The van der Waals surface area contributed by atoms with Crippen molar-refractivity contribution >= 4 is 15.9 Å². The van der Waals surface area contributed by atoms with E-state index in [1.54, 1.807) is 6.07 Å². The van der Waals surface area contributed by atoms with Crippen LogP contribution in [0, 0.1) is 5.92 Å². The maximum Gasteiger partial charge on any atom is 0.275 e. The van der Waals surface area contributed by atoms with Crippen molar-refractivity contribution in [3.05, 3.63) is 18.2 Å². The van der Waals surface area contributed by atoms with Gasteiger partial charge in [0.1, 0.15) is 0 Å². The molecule has 0 aromatic heterocycles. The third-order valence-corrected chi connectivity index (χ3v) is 7.45. The van der Waals surface area contributed by atoms with E-state index >= 15 is 0 Å². The van der Waals surface area contributed by atoms with Crippen LogP contribution in [0.5, 0.6) is 11.5 Å². The molecule has 0 spiro atoms. The Bertz CT molecular complexity index is 802. The van der Waals surface area contributed by atoms with Gasteiger partial charge in [-0.15, -0.1) is 0 Å². The van der Waals surface area contributed by atoms with Crippen molar-refractivity contribution in [2.24, 2.45) is 5.92 Å². The topological polar surface area (TPSA) is 89.4 Å². The molecular formula is C19H30N3O5S+. The van der Waals surface area contributed by atoms with Crippen LogP contribution in [0.1, 0.15) is 19.8 Å². The predicted octanol–water partition coefficient (Wildman–Crippen LogP) is -0.492. The first-order chi connectivity index (χ1) is 13.3. The zero-order valence-corrected chi connectivity index (χ0v) is 17.5. The zero-order valence-electron chi connectivity index (χ0n) is 16.7. The van der Waals surface area contributed by atoms with Crippen LogP contribution < -0.4 is 19.7 Å². The van der Waals surface area contributed by atoms with Crippen molar-refractivity contribution < 1.29 is 27.6 Å². The zero-order chi connectivity index (χ0) is 20.3. The maximum absolute atomic E-state index is 13.0. The molecule has 1 atom stereocenters. The summed E-state index contributed by atoms with van der Waals surface area (Å²) in [5.41, 5.74) is 0. The summed E-state index contributed by atoms with van der Waals surface area (Å²) < 4.78 is 37.8. The lowest BCUT2D eigenvalue weighted by atomic mass is 10.2. The normalized spacial score (nSPS) is 19.8. The minimum Gasteiger partial charge on any atom is -0.493 e. The lowest BCUT2D eigenvalue weighted by Crippen LogP contribution is -3.15. The molecule has 0 radical (unpaired) electrons. The van der Waals surface area contributed by atoms with Gasteiger partial charge in [-0.05, 0) is 37.8 Å². The molecule has 9 heteroatoms. The highest BCUT2D eigenvalue weighted by Gasteiger charge is 2.33. The summed E-state index contributed by atoms with van der Waals surface area (Å²) in [4.78, 5) is 13.5. The number of hydrogen-bond donors (Lipinski definition) is 2. The smallest absolute Gasteiger partial charge is 0.275 e. The third-order valence-electron chi connectivity index (χ3n) is 5.55. The number of carbonyl (C=O) groups excluding carboxylic acids is 1. The largest absolute Gasteiger partial charge is 0.493 e. The molecule has 1 aliphatic carbocycles. The number of sulfonamides is 1. The first-order valence-electron chi connectivity index (χ1n) is 9.70. The molecule has 1 saturated heterocycles. The van der Waals surface area contributed by atoms with Crippen LogP contribution in [0.25, 0.3) is 0 Å². The SMILES string of the molecule is COc1ccc(S(=O)(=O)N2CC[NH+](CC(=O)N[C@@H](C)C3CC3)CC2)cc1OC. The highest BCUT2D eigenvalue weighted by Crippen LogP contribution is 2.32. The molecule has 3 rings (SSSR count). The molecule has 8 nitrogen and oxygen atoms in total. The van der Waals surface area contributed by atoms with Gasteiger partial charge in [0.2, 0.25) is 10.0 Å². The summed E-state index contributed by atoms with van der Waals surface area (Å²) in [7, 11) is -0.622. The number of ether oxygens (including phenoxy) is 2. The Labute approximate surface area is 166 Å². The number of quaternary nitrogens is 1. The van der Waals surface area contributed by atoms with E-state index in [9.17, 15) is 13.2 Å². The molecule has 1 aliphatic heterocycles. The van der Waals surface area contributed by atoms with Gasteiger partial charge >= 0.3 is 0 Å². The van der Waals surface area contributed by atoms with Gasteiger partial charge in [0.25, 0.3) is 5.91 Å². The summed E-state index contributed by atoms with van der Waals surface area (Å²) in [5.74, 6) is 1.55. The van der Waals surface area contributed by atoms with Crippen LogP contribution >= 0.6 is 0 Å². The van der Waals surface area contributed by atoms with Crippen molar-refractivity contribution in [3.8, 4) is 11.5 Å². The second-order valence-electron chi connectivity index (χ2n) is 7.54. The van der Waals surface area contributed by atoms with E-state index in [1.807, 2.05) is 0 Å². The fraction of sp³-hybridized carbons (Fsp3) is 0.632. The first kappa shape index (κ1) is 20.9. The molecule has 1 aromatic carbocycles. The van der Waals surface area contributed by atoms with Gasteiger partial charge in [0.15, 0.2) is 18.0 Å². The van der Waals surface area contributed by atoms with E-state index in [0.717, 1.165) is 4.90 Å². The van der Waals surface area contributed by atoms with Crippen LogP contribution in [0.2, 0.25) is 0 Å². The van der Waals surface area contributed by atoms with E-state index in [2.05, 4.69) is 12.2 Å². The van der Waals surface area contributed by atoms with Crippen molar-refractivity contribution in [3.63, 3.8) is 0 Å². The Morgan fingerprint density at radius 1 is 1.21 bits per heavy atom. The number of nitrogens with one attached hydrogen (secondary N) is 2. The van der Waals surface area contributed by atoms with Gasteiger partial charge in [-0.3, -0.25) is 4.79 Å². The van der Waals surface area contributed by atoms with Crippen LogP contribution in [-0.4, -0.2) is 71.6 Å². The lowest BCUT2D eigenvalue weighted by molar-refractivity contribution is -0.895. The number of hydrogen-bond acceptors (Lipinski definition) is 5. The molecule has 1 saturated carbocycles. The van der Waals surface area contributed by atoms with Crippen LogP contribution in [-0.2, 0) is 14.8 Å². The average molecular weight is 413 g/mol. The molecule has 1 aromatic rings. The summed E-state index contributed by atoms with van der Waals surface area (Å²) in [6, 6.07) is 4.85. The monoisotopic (exact) mass is 412 g/mol. The van der Waals surface area contributed by atoms with E-state index in [0.29, 0.717) is 50.1 Å². The fourth-order valence-electron chi connectivity index (χ4n) is 3.59.